The number of nitrogens with one attached hydrogen (secondary N) is 2. The van der Waals surface area contributed by atoms with Gasteiger partial charge < -0.3 is 9.88 Å². The maximum atomic E-state index is 11.8. The van der Waals surface area contributed by atoms with E-state index in [1.165, 1.54) is 0 Å². The van der Waals surface area contributed by atoms with Crippen molar-refractivity contribution in [2.24, 2.45) is 0 Å². The number of carbonyl (C=O) groups excluding carboxylic acids is 1. The fourth-order valence-electron chi connectivity index (χ4n) is 1.71. The zero-order valence-corrected chi connectivity index (χ0v) is 11.4. The van der Waals surface area contributed by atoms with Crippen molar-refractivity contribution in [3.8, 4) is 18.0 Å². The zero-order valence-electron chi connectivity index (χ0n) is 10.6. The summed E-state index contributed by atoms with van der Waals surface area (Å²) in [6, 6.07) is 5.30. The first-order valence-corrected chi connectivity index (χ1v) is 6.31. The maximum absolute atomic E-state index is 11.8. The topological polar surface area (TPSA) is 59.0 Å². The highest BCUT2D eigenvalue weighted by molar-refractivity contribution is 6.33. The second-order valence-electron chi connectivity index (χ2n) is 3.96. The first kappa shape index (κ1) is 14.1. The molecule has 0 aliphatic rings. The molecule has 0 unspecified atom stereocenters. The van der Waals surface area contributed by atoms with E-state index >= 15 is 0 Å². The van der Waals surface area contributed by atoms with Crippen molar-refractivity contribution >= 4 is 23.2 Å². The van der Waals surface area contributed by atoms with Crippen LogP contribution in [0.3, 0.4) is 0 Å². The lowest BCUT2D eigenvalue weighted by atomic mass is 10.2. The number of halogens is 1. The van der Waals surface area contributed by atoms with Gasteiger partial charge in [-0.05, 0) is 12.1 Å². The fraction of sp³-hybridized carbons (Fsp3) is 0.143. The van der Waals surface area contributed by atoms with Gasteiger partial charge in [0.25, 0.3) is 0 Å². The van der Waals surface area contributed by atoms with E-state index in [1.807, 2.05) is 0 Å². The van der Waals surface area contributed by atoms with Gasteiger partial charge in [0.1, 0.15) is 0 Å². The number of nitrogens with zero attached hydrogens (tertiary/aromatic N) is 2. The summed E-state index contributed by atoms with van der Waals surface area (Å²) in [4.78, 5) is 15.8. The van der Waals surface area contributed by atoms with E-state index in [4.69, 9.17) is 18.0 Å². The van der Waals surface area contributed by atoms with Gasteiger partial charge in [-0.15, -0.1) is 6.42 Å². The van der Waals surface area contributed by atoms with Crippen molar-refractivity contribution < 1.29 is 4.79 Å². The molecule has 0 spiro atoms. The summed E-state index contributed by atoms with van der Waals surface area (Å²) in [6.07, 6.45) is 10.1. The average Bonchev–Trinajstić information content (AvgIpc) is 2.93. The van der Waals surface area contributed by atoms with Gasteiger partial charge in [-0.2, -0.15) is 0 Å². The molecule has 2 N–H and O–H groups in total. The molecule has 0 aliphatic carbocycles. The molecule has 20 heavy (non-hydrogen) atoms. The molecule has 0 bridgehead atoms. The van der Waals surface area contributed by atoms with Gasteiger partial charge in [-0.1, -0.05) is 23.6 Å². The lowest BCUT2D eigenvalue weighted by molar-refractivity contribution is -0.115. The van der Waals surface area contributed by atoms with E-state index in [-0.39, 0.29) is 12.5 Å². The summed E-state index contributed by atoms with van der Waals surface area (Å²) in [6.45, 7) is 0.484. The standard InChI is InChI=1S/C14H13ClN4O/c1-2-6-16-9-13(20)18-12-5-3-4-11(15)14(12)19-8-7-17-10-19/h1,3-5,7-8,10,16H,6,9H2,(H,18,20). The number of rotatable bonds is 5. The lowest BCUT2D eigenvalue weighted by Gasteiger charge is -2.13. The van der Waals surface area contributed by atoms with Crippen LogP contribution in [-0.4, -0.2) is 28.5 Å². The van der Waals surface area contributed by atoms with Crippen molar-refractivity contribution in [2.45, 2.75) is 0 Å². The molecule has 0 aliphatic heterocycles. The zero-order chi connectivity index (χ0) is 14.4. The molecule has 0 saturated heterocycles. The Bertz CT molecular complexity index is 631. The van der Waals surface area contributed by atoms with Crippen molar-refractivity contribution in [3.63, 3.8) is 0 Å². The fourth-order valence-corrected chi connectivity index (χ4v) is 1.98. The Morgan fingerprint density at radius 3 is 3.05 bits per heavy atom. The number of carbonyl (C=O) groups is 1. The van der Waals surface area contributed by atoms with Gasteiger partial charge in [-0.3, -0.25) is 10.1 Å². The second kappa shape index (κ2) is 6.75. The van der Waals surface area contributed by atoms with Crippen molar-refractivity contribution in [1.82, 2.24) is 14.9 Å². The third kappa shape index (κ3) is 3.38. The smallest absolute Gasteiger partial charge is 0.238 e. The monoisotopic (exact) mass is 288 g/mol. The third-order valence-electron chi connectivity index (χ3n) is 2.54. The summed E-state index contributed by atoms with van der Waals surface area (Å²) >= 11 is 6.19. The molecule has 5 nitrogen and oxygen atoms in total. The Kier molecular flexibility index (Phi) is 4.77. The second-order valence-corrected chi connectivity index (χ2v) is 4.37. The van der Waals surface area contributed by atoms with Gasteiger partial charge >= 0.3 is 0 Å². The van der Waals surface area contributed by atoms with E-state index in [1.54, 1.807) is 41.5 Å². The molecular weight excluding hydrogens is 276 g/mol. The maximum Gasteiger partial charge on any atom is 0.238 e. The van der Waals surface area contributed by atoms with Crippen LogP contribution < -0.4 is 10.6 Å². The van der Waals surface area contributed by atoms with Crippen LogP contribution in [0.25, 0.3) is 5.69 Å². The molecule has 102 valence electrons. The molecule has 2 aromatic rings. The Morgan fingerprint density at radius 1 is 1.50 bits per heavy atom. The highest BCUT2D eigenvalue weighted by Gasteiger charge is 2.11. The molecule has 0 atom stereocenters. The minimum atomic E-state index is -0.191. The number of terminal acetylenes is 1. The summed E-state index contributed by atoms with van der Waals surface area (Å²) in [7, 11) is 0. The van der Waals surface area contributed by atoms with Crippen molar-refractivity contribution in [1.29, 1.82) is 0 Å². The van der Waals surface area contributed by atoms with E-state index in [0.717, 1.165) is 0 Å². The van der Waals surface area contributed by atoms with E-state index in [9.17, 15) is 4.79 Å². The molecule has 2 rings (SSSR count). The molecule has 1 aromatic heterocycles. The lowest BCUT2D eigenvalue weighted by Crippen LogP contribution is -2.28. The van der Waals surface area contributed by atoms with Crippen LogP contribution in [0.15, 0.2) is 36.9 Å². The first-order chi connectivity index (χ1) is 9.72. The Labute approximate surface area is 122 Å². The van der Waals surface area contributed by atoms with Crippen molar-refractivity contribution in [3.05, 3.63) is 41.9 Å². The van der Waals surface area contributed by atoms with Gasteiger partial charge in [0.05, 0.1) is 35.8 Å². The van der Waals surface area contributed by atoms with Crippen LogP contribution in [0.1, 0.15) is 0 Å². The van der Waals surface area contributed by atoms with Crippen LogP contribution in [0.4, 0.5) is 5.69 Å². The molecule has 6 heteroatoms. The number of aromatic nitrogens is 2. The highest BCUT2D eigenvalue weighted by atomic mass is 35.5. The molecule has 0 radical (unpaired) electrons. The Hall–Kier alpha value is -2.29. The number of anilines is 1. The average molecular weight is 289 g/mol. The van der Waals surface area contributed by atoms with Crippen LogP contribution in [0.2, 0.25) is 5.02 Å². The van der Waals surface area contributed by atoms with Gasteiger partial charge in [0.2, 0.25) is 5.91 Å². The number of hydrogen-bond acceptors (Lipinski definition) is 3. The normalized spacial score (nSPS) is 10.0. The summed E-state index contributed by atoms with van der Waals surface area (Å²) in [5, 5.41) is 6.14. The molecule has 0 fully saturated rings. The quantitative estimate of drug-likeness (QED) is 0.650. The van der Waals surface area contributed by atoms with Crippen LogP contribution >= 0.6 is 11.6 Å². The minimum Gasteiger partial charge on any atom is -0.323 e. The Morgan fingerprint density at radius 2 is 2.35 bits per heavy atom. The third-order valence-corrected chi connectivity index (χ3v) is 2.84. The molecule has 1 aromatic carbocycles. The summed E-state index contributed by atoms with van der Waals surface area (Å²) < 4.78 is 1.74. The number of para-hydroxylation sites is 1. The van der Waals surface area contributed by atoms with Crippen LogP contribution in [0, 0.1) is 12.3 Å². The number of hydrogen-bond donors (Lipinski definition) is 2. The SMILES string of the molecule is C#CCNCC(=O)Nc1cccc(Cl)c1-n1ccnc1. The number of amides is 1. The van der Waals surface area contributed by atoms with Crippen LogP contribution in [-0.2, 0) is 4.79 Å². The predicted molar refractivity (Wildman–Crippen MR) is 78.9 cm³/mol. The largest absolute Gasteiger partial charge is 0.323 e. The van der Waals surface area contributed by atoms with Gasteiger partial charge in [0.15, 0.2) is 0 Å². The molecule has 0 saturated carbocycles. The van der Waals surface area contributed by atoms with Gasteiger partial charge in [0, 0.05) is 12.4 Å². The van der Waals surface area contributed by atoms with Gasteiger partial charge in [-0.25, -0.2) is 4.98 Å². The van der Waals surface area contributed by atoms with E-state index < -0.39 is 0 Å². The predicted octanol–water partition coefficient (Wildman–Crippen LogP) is 1.69. The van der Waals surface area contributed by atoms with E-state index in [2.05, 4.69) is 21.5 Å². The van der Waals surface area contributed by atoms with Crippen molar-refractivity contribution in [2.75, 3.05) is 18.4 Å². The Balaban J connectivity index is 2.18. The van der Waals surface area contributed by atoms with E-state index in [0.29, 0.717) is 22.9 Å². The number of benzene rings is 1. The molecule has 1 heterocycles. The minimum absolute atomic E-state index is 0.139. The summed E-state index contributed by atoms with van der Waals surface area (Å²) in [5.74, 6) is 2.21. The molecule has 1 amide bonds. The highest BCUT2D eigenvalue weighted by Crippen LogP contribution is 2.28. The van der Waals surface area contributed by atoms with Crippen LogP contribution in [0.5, 0.6) is 0 Å². The molecular formula is C14H13ClN4O. The summed E-state index contributed by atoms with van der Waals surface area (Å²) in [5.41, 5.74) is 1.29. The first-order valence-electron chi connectivity index (χ1n) is 5.93. The number of imidazole rings is 1.